The number of anilines is 1. The van der Waals surface area contributed by atoms with Crippen LogP contribution < -0.4 is 4.90 Å². The predicted octanol–water partition coefficient (Wildman–Crippen LogP) is 3.53. The summed E-state index contributed by atoms with van der Waals surface area (Å²) in [6.45, 7) is 1.44. The van der Waals surface area contributed by atoms with Gasteiger partial charge < -0.3 is 9.64 Å². The molecule has 1 amide bonds. The summed E-state index contributed by atoms with van der Waals surface area (Å²) >= 11 is 5.86. The highest BCUT2D eigenvalue weighted by atomic mass is 35.5. The molecule has 0 saturated carbocycles. The zero-order valence-electron chi connectivity index (χ0n) is 11.9. The Labute approximate surface area is 131 Å². The Morgan fingerprint density at radius 1 is 1.50 bits per heavy atom. The first kappa shape index (κ1) is 18.3. The smallest absolute Gasteiger partial charge is 0.380 e. The molecule has 0 aromatic heterocycles. The van der Waals surface area contributed by atoms with Crippen LogP contribution in [-0.2, 0) is 9.53 Å². The van der Waals surface area contributed by atoms with Gasteiger partial charge in [-0.3, -0.25) is 4.79 Å². The average Bonchev–Trinajstić information content (AvgIpc) is 2.45. The summed E-state index contributed by atoms with van der Waals surface area (Å²) in [6, 6.07) is 4.58. The number of benzene rings is 1. The standard InChI is InChI=1S/C14H14ClF3N2O2/c1-9(22-2)13(6-14(16,17)18)20(8-21)11-4-3-10(7-19)12(15)5-11/h3-5,8-9,13H,6H2,1-2H3. The van der Waals surface area contributed by atoms with Crippen LogP contribution in [0, 0.1) is 11.3 Å². The van der Waals surface area contributed by atoms with Gasteiger partial charge in [0.15, 0.2) is 0 Å². The van der Waals surface area contributed by atoms with Crippen LogP contribution >= 0.6 is 11.6 Å². The van der Waals surface area contributed by atoms with Crippen LogP contribution in [-0.4, -0.2) is 31.8 Å². The predicted molar refractivity (Wildman–Crippen MR) is 75.6 cm³/mol. The number of rotatable bonds is 6. The van der Waals surface area contributed by atoms with E-state index in [0.29, 0.717) is 6.41 Å². The Kier molecular flexibility index (Phi) is 6.21. The number of hydrogen-bond acceptors (Lipinski definition) is 3. The SMILES string of the molecule is COC(C)C(CC(F)(F)F)N(C=O)c1ccc(C#N)c(Cl)c1. The number of amides is 1. The highest BCUT2D eigenvalue weighted by molar-refractivity contribution is 6.32. The second kappa shape index (κ2) is 7.47. The monoisotopic (exact) mass is 334 g/mol. The Morgan fingerprint density at radius 2 is 2.14 bits per heavy atom. The van der Waals surface area contributed by atoms with Crippen LogP contribution in [0.4, 0.5) is 18.9 Å². The summed E-state index contributed by atoms with van der Waals surface area (Å²) in [6.07, 6.45) is -6.24. The molecular weight excluding hydrogens is 321 g/mol. The fraction of sp³-hybridized carbons (Fsp3) is 0.429. The van der Waals surface area contributed by atoms with Crippen molar-refractivity contribution in [3.8, 4) is 6.07 Å². The molecule has 0 N–H and O–H groups in total. The molecule has 120 valence electrons. The Balaban J connectivity index is 3.21. The van der Waals surface area contributed by atoms with Crippen LogP contribution in [0.25, 0.3) is 0 Å². The maximum Gasteiger partial charge on any atom is 0.391 e. The van der Waals surface area contributed by atoms with E-state index in [-0.39, 0.29) is 16.3 Å². The van der Waals surface area contributed by atoms with Crippen LogP contribution in [0.2, 0.25) is 5.02 Å². The number of halogens is 4. The van der Waals surface area contributed by atoms with E-state index >= 15 is 0 Å². The minimum atomic E-state index is -4.46. The third kappa shape index (κ3) is 4.61. The second-order valence-electron chi connectivity index (χ2n) is 4.62. The summed E-state index contributed by atoms with van der Waals surface area (Å²) in [7, 11) is 1.27. The lowest BCUT2D eigenvalue weighted by Crippen LogP contribution is -2.45. The van der Waals surface area contributed by atoms with Gasteiger partial charge in [-0.15, -0.1) is 0 Å². The highest BCUT2D eigenvalue weighted by Crippen LogP contribution is 2.30. The Morgan fingerprint density at radius 3 is 2.55 bits per heavy atom. The van der Waals surface area contributed by atoms with E-state index in [1.54, 1.807) is 0 Å². The van der Waals surface area contributed by atoms with Crippen LogP contribution in [0.3, 0.4) is 0 Å². The Bertz CT molecular complexity index is 572. The van der Waals surface area contributed by atoms with Gasteiger partial charge in [0, 0.05) is 12.8 Å². The van der Waals surface area contributed by atoms with Gasteiger partial charge in [-0.25, -0.2) is 0 Å². The number of ether oxygens (including phenoxy) is 1. The van der Waals surface area contributed by atoms with Crippen LogP contribution in [0.5, 0.6) is 0 Å². The van der Waals surface area contributed by atoms with Crippen molar-refractivity contribution in [2.75, 3.05) is 12.0 Å². The number of hydrogen-bond donors (Lipinski definition) is 0. The second-order valence-corrected chi connectivity index (χ2v) is 5.02. The van der Waals surface area contributed by atoms with Crippen molar-refractivity contribution in [1.82, 2.24) is 0 Å². The van der Waals surface area contributed by atoms with Gasteiger partial charge in [0.2, 0.25) is 6.41 Å². The molecule has 2 unspecified atom stereocenters. The molecule has 0 spiro atoms. The molecule has 8 heteroatoms. The fourth-order valence-electron chi connectivity index (χ4n) is 1.97. The topological polar surface area (TPSA) is 53.3 Å². The van der Waals surface area contributed by atoms with Crippen molar-refractivity contribution in [1.29, 1.82) is 5.26 Å². The molecule has 1 rings (SSSR count). The van der Waals surface area contributed by atoms with E-state index in [1.165, 1.54) is 32.2 Å². The molecule has 0 aliphatic rings. The molecule has 0 aliphatic carbocycles. The molecule has 1 aromatic carbocycles. The first-order valence-electron chi connectivity index (χ1n) is 6.26. The van der Waals surface area contributed by atoms with Crippen LogP contribution in [0.1, 0.15) is 18.9 Å². The molecule has 2 atom stereocenters. The lowest BCUT2D eigenvalue weighted by atomic mass is 10.1. The number of nitrogens with zero attached hydrogens (tertiary/aromatic N) is 2. The van der Waals surface area contributed by atoms with Crippen molar-refractivity contribution in [2.45, 2.75) is 31.7 Å². The van der Waals surface area contributed by atoms with E-state index in [1.807, 2.05) is 6.07 Å². The number of alkyl halides is 3. The maximum absolute atomic E-state index is 12.7. The fourth-order valence-corrected chi connectivity index (χ4v) is 2.19. The summed E-state index contributed by atoms with van der Waals surface area (Å²) in [4.78, 5) is 12.2. The van der Waals surface area contributed by atoms with Gasteiger partial charge in [-0.05, 0) is 25.1 Å². The lowest BCUT2D eigenvalue weighted by Gasteiger charge is -2.33. The first-order chi connectivity index (χ1) is 10.2. The maximum atomic E-state index is 12.7. The lowest BCUT2D eigenvalue weighted by molar-refractivity contribution is -0.145. The molecule has 0 saturated heterocycles. The first-order valence-corrected chi connectivity index (χ1v) is 6.64. The van der Waals surface area contributed by atoms with Gasteiger partial charge in [0.1, 0.15) is 6.07 Å². The van der Waals surface area contributed by atoms with Gasteiger partial charge in [0.05, 0.1) is 29.2 Å². The van der Waals surface area contributed by atoms with Gasteiger partial charge >= 0.3 is 6.18 Å². The number of nitriles is 1. The van der Waals surface area contributed by atoms with Crippen molar-refractivity contribution >= 4 is 23.7 Å². The van der Waals surface area contributed by atoms with Gasteiger partial charge in [-0.1, -0.05) is 11.6 Å². The number of methoxy groups -OCH3 is 1. The summed E-state index contributed by atoms with van der Waals surface area (Å²) in [5, 5.41) is 8.87. The van der Waals surface area contributed by atoms with Crippen molar-refractivity contribution in [3.63, 3.8) is 0 Å². The van der Waals surface area contributed by atoms with E-state index < -0.39 is 24.7 Å². The van der Waals surface area contributed by atoms with E-state index in [4.69, 9.17) is 21.6 Å². The van der Waals surface area contributed by atoms with E-state index in [9.17, 15) is 18.0 Å². The van der Waals surface area contributed by atoms with Crippen LogP contribution in [0.15, 0.2) is 18.2 Å². The number of carbonyl (C=O) groups is 1. The van der Waals surface area contributed by atoms with Gasteiger partial charge in [0.25, 0.3) is 0 Å². The zero-order chi connectivity index (χ0) is 16.9. The molecule has 0 aliphatic heterocycles. The molecule has 0 radical (unpaired) electrons. The molecular formula is C14H14ClF3N2O2. The van der Waals surface area contributed by atoms with E-state index in [0.717, 1.165) is 4.90 Å². The summed E-state index contributed by atoms with van der Waals surface area (Å²) < 4.78 is 43.2. The largest absolute Gasteiger partial charge is 0.391 e. The quantitative estimate of drug-likeness (QED) is 0.748. The Hall–Kier alpha value is -1.78. The summed E-state index contributed by atoms with van der Waals surface area (Å²) in [5.41, 5.74) is 0.334. The van der Waals surface area contributed by atoms with E-state index in [2.05, 4.69) is 0 Å². The van der Waals surface area contributed by atoms with Gasteiger partial charge in [-0.2, -0.15) is 18.4 Å². The minimum Gasteiger partial charge on any atom is -0.380 e. The molecule has 1 aromatic rings. The third-order valence-corrected chi connectivity index (χ3v) is 3.51. The molecule has 4 nitrogen and oxygen atoms in total. The van der Waals surface area contributed by atoms with Crippen molar-refractivity contribution < 1.29 is 22.7 Å². The van der Waals surface area contributed by atoms with Crippen molar-refractivity contribution in [3.05, 3.63) is 28.8 Å². The zero-order valence-corrected chi connectivity index (χ0v) is 12.6. The molecule has 0 heterocycles. The third-order valence-electron chi connectivity index (χ3n) is 3.20. The molecule has 22 heavy (non-hydrogen) atoms. The highest BCUT2D eigenvalue weighted by Gasteiger charge is 2.38. The summed E-state index contributed by atoms with van der Waals surface area (Å²) in [5.74, 6) is 0. The number of carbonyl (C=O) groups excluding carboxylic acids is 1. The molecule has 0 fully saturated rings. The normalized spacial score (nSPS) is 14.0. The molecule has 0 bridgehead atoms. The average molecular weight is 335 g/mol. The van der Waals surface area contributed by atoms with Crippen molar-refractivity contribution in [2.24, 2.45) is 0 Å². The minimum absolute atomic E-state index is 0.0580.